The van der Waals surface area contributed by atoms with Gasteiger partial charge < -0.3 is 24.6 Å². The second-order valence-corrected chi connectivity index (χ2v) is 13.9. The zero-order chi connectivity index (χ0) is 34.1. The van der Waals surface area contributed by atoms with Crippen LogP contribution in [-0.4, -0.2) is 65.7 Å². The van der Waals surface area contributed by atoms with E-state index in [0.717, 1.165) is 64.9 Å². The van der Waals surface area contributed by atoms with E-state index in [1.807, 2.05) is 42.5 Å². The number of nitrogens with zero attached hydrogens (tertiary/aromatic N) is 3. The third-order valence-corrected chi connectivity index (χ3v) is 10.4. The van der Waals surface area contributed by atoms with Gasteiger partial charge in [-0.25, -0.2) is 4.98 Å². The fraction of sp³-hybridized carbons (Fsp3) is 0.395. The van der Waals surface area contributed by atoms with Gasteiger partial charge in [-0.1, -0.05) is 65.7 Å². The molecule has 2 aliphatic carbocycles. The maximum absolute atomic E-state index is 11.6. The highest BCUT2D eigenvalue weighted by atomic mass is 35.5. The average Bonchev–Trinajstić information content (AvgIpc) is 3.71. The van der Waals surface area contributed by atoms with Crippen LogP contribution in [0.2, 0.25) is 10.0 Å². The Labute approximate surface area is 296 Å². The molecular weight excluding hydrogens is 663 g/mol. The summed E-state index contributed by atoms with van der Waals surface area (Å²) in [7, 11) is 3.21. The maximum Gasteiger partial charge on any atom is 0.236 e. The van der Waals surface area contributed by atoms with Crippen LogP contribution >= 0.6 is 23.2 Å². The van der Waals surface area contributed by atoms with Crippen molar-refractivity contribution >= 4 is 29.0 Å². The lowest BCUT2D eigenvalue weighted by atomic mass is 9.94. The number of Topliss-reactive ketones (excluding diaryl/α,β-unsaturated/α-hetero) is 1. The Kier molecular flexibility index (Phi) is 10.1. The highest BCUT2D eigenvalue weighted by Gasteiger charge is 2.30. The van der Waals surface area contributed by atoms with Crippen LogP contribution in [0.3, 0.4) is 0 Å². The molecule has 0 bridgehead atoms. The topological polar surface area (TPSA) is 106 Å². The van der Waals surface area contributed by atoms with Crippen LogP contribution in [0.1, 0.15) is 54.0 Å². The number of carbonyl (C=O) groups is 1. The van der Waals surface area contributed by atoms with Crippen molar-refractivity contribution in [1.82, 2.24) is 20.2 Å². The van der Waals surface area contributed by atoms with Crippen LogP contribution in [0.15, 0.2) is 54.6 Å². The molecule has 0 unspecified atom stereocenters. The Morgan fingerprint density at radius 3 is 2.41 bits per heavy atom. The summed E-state index contributed by atoms with van der Waals surface area (Å²) in [5, 5.41) is 14.2. The van der Waals surface area contributed by atoms with Crippen molar-refractivity contribution in [2.24, 2.45) is 5.92 Å². The maximum atomic E-state index is 11.6. The first-order valence-electron chi connectivity index (χ1n) is 16.8. The van der Waals surface area contributed by atoms with Gasteiger partial charge in [0.25, 0.3) is 0 Å². The van der Waals surface area contributed by atoms with Crippen LogP contribution in [0.25, 0.3) is 22.4 Å². The van der Waals surface area contributed by atoms with Crippen molar-refractivity contribution in [3.63, 3.8) is 0 Å². The highest BCUT2D eigenvalue weighted by molar-refractivity contribution is 6.36. The minimum atomic E-state index is -0.289. The second kappa shape index (κ2) is 14.6. The van der Waals surface area contributed by atoms with E-state index >= 15 is 0 Å². The van der Waals surface area contributed by atoms with E-state index in [-0.39, 0.29) is 12.2 Å². The number of aromatic nitrogens is 2. The molecule has 2 aromatic heterocycles. The van der Waals surface area contributed by atoms with Crippen molar-refractivity contribution in [3.8, 4) is 40.0 Å². The van der Waals surface area contributed by atoms with E-state index in [2.05, 4.69) is 27.3 Å². The average molecular weight is 704 g/mol. The number of hydrogen-bond acceptors (Lipinski definition) is 9. The molecule has 49 heavy (non-hydrogen) atoms. The van der Waals surface area contributed by atoms with Crippen LogP contribution in [0.5, 0.6) is 17.6 Å². The number of aliphatic hydroxyl groups excluding tert-OH is 1. The summed E-state index contributed by atoms with van der Waals surface area (Å²) >= 11 is 13.9. The molecule has 256 valence electrons. The summed E-state index contributed by atoms with van der Waals surface area (Å²) in [4.78, 5) is 23.2. The van der Waals surface area contributed by atoms with E-state index in [1.165, 1.54) is 5.56 Å². The lowest BCUT2D eigenvalue weighted by Crippen LogP contribution is -2.49. The highest BCUT2D eigenvalue weighted by Crippen LogP contribution is 2.45. The monoisotopic (exact) mass is 702 g/mol. The van der Waals surface area contributed by atoms with Crippen molar-refractivity contribution in [1.29, 1.82) is 0 Å². The number of rotatable bonds is 12. The Bertz CT molecular complexity index is 1860. The van der Waals surface area contributed by atoms with E-state index in [9.17, 15) is 9.90 Å². The number of likely N-dealkylation sites (tertiary alicyclic amines) is 1. The normalized spacial score (nSPS) is 19.2. The molecule has 1 saturated carbocycles. The molecular formula is C38H40Cl2N4O5. The van der Waals surface area contributed by atoms with Gasteiger partial charge in [0.15, 0.2) is 0 Å². The molecule has 7 rings (SSSR count). The third kappa shape index (κ3) is 7.14. The number of nitrogens with one attached hydrogen (secondary N) is 1. The van der Waals surface area contributed by atoms with E-state index in [0.29, 0.717) is 78.4 Å². The number of benzene rings is 2. The zero-order valence-electron chi connectivity index (χ0n) is 27.7. The molecule has 1 saturated heterocycles. The van der Waals surface area contributed by atoms with Gasteiger partial charge in [-0.15, -0.1) is 0 Å². The zero-order valence-corrected chi connectivity index (χ0v) is 29.2. The van der Waals surface area contributed by atoms with Crippen LogP contribution in [0.4, 0.5) is 0 Å². The van der Waals surface area contributed by atoms with Gasteiger partial charge >= 0.3 is 0 Å². The number of β-amino-alcohol motifs (C(OH)–C–C–N with tert-alkyl or cyclic N) is 1. The van der Waals surface area contributed by atoms with E-state index in [1.54, 1.807) is 14.2 Å². The summed E-state index contributed by atoms with van der Waals surface area (Å²) in [6.45, 7) is 3.24. The Morgan fingerprint density at radius 1 is 0.898 bits per heavy atom. The minimum Gasteiger partial charge on any atom is -0.481 e. The summed E-state index contributed by atoms with van der Waals surface area (Å²) < 4.78 is 17.7. The fourth-order valence-electron chi connectivity index (χ4n) is 7.25. The van der Waals surface area contributed by atoms with Crippen molar-refractivity contribution in [3.05, 3.63) is 86.9 Å². The molecule has 2 fully saturated rings. The van der Waals surface area contributed by atoms with Gasteiger partial charge in [0, 0.05) is 61.3 Å². The smallest absolute Gasteiger partial charge is 0.236 e. The Hall–Kier alpha value is -3.73. The van der Waals surface area contributed by atoms with Crippen LogP contribution in [0, 0.1) is 5.92 Å². The number of pyridine rings is 2. The van der Waals surface area contributed by atoms with Crippen molar-refractivity contribution in [2.45, 2.75) is 57.4 Å². The quantitative estimate of drug-likeness (QED) is 0.164. The first-order chi connectivity index (χ1) is 23.8. The van der Waals surface area contributed by atoms with Crippen molar-refractivity contribution in [2.75, 3.05) is 33.9 Å². The summed E-state index contributed by atoms with van der Waals surface area (Å²) in [6.07, 6.45) is 3.36. The molecule has 2 N–H and O–H groups in total. The van der Waals surface area contributed by atoms with Gasteiger partial charge in [0.05, 0.1) is 31.0 Å². The Balaban J connectivity index is 1.10. The number of aliphatic hydroxyl groups is 1. The van der Waals surface area contributed by atoms with E-state index in [4.69, 9.17) is 42.4 Å². The number of methoxy groups -OCH3 is 2. The predicted octanol–water partition coefficient (Wildman–Crippen LogP) is 6.84. The summed E-state index contributed by atoms with van der Waals surface area (Å²) in [6, 6.07) is 18.1. The molecule has 2 aromatic carbocycles. The lowest BCUT2D eigenvalue weighted by Gasteiger charge is -2.35. The van der Waals surface area contributed by atoms with Crippen molar-refractivity contribution < 1.29 is 24.1 Å². The summed E-state index contributed by atoms with van der Waals surface area (Å²) in [5.74, 6) is 2.10. The first-order valence-corrected chi connectivity index (χ1v) is 17.5. The first kappa shape index (κ1) is 33.8. The second-order valence-electron chi connectivity index (χ2n) is 13.1. The molecule has 0 spiro atoms. The van der Waals surface area contributed by atoms with E-state index < -0.39 is 0 Å². The standard InChI is InChI=1S/C38H40Cl2N4O5/c1-47-36-23(18-41-17-22-9-11-25(45)15-22)10-13-33(42-36)31-8-4-7-30(35(31)40)27-5-3-6-29-28(27)12-14-34(29)49-38-32(39)16-24(37(43-38)48-2)19-44-20-26(46)21-44/h3-8,10,13,16,22,26,34,41,46H,9,11-12,14-15,17-21H2,1-2H3/t22-,34+/m1/s1. The van der Waals surface area contributed by atoms with Gasteiger partial charge in [-0.05, 0) is 60.5 Å². The third-order valence-electron chi connectivity index (χ3n) is 9.77. The number of ether oxygens (including phenoxy) is 3. The number of fused-ring (bicyclic) bond motifs is 1. The van der Waals surface area contributed by atoms with Crippen LogP contribution in [-0.2, 0) is 24.3 Å². The van der Waals surface area contributed by atoms with Gasteiger partial charge in [-0.3, -0.25) is 9.69 Å². The number of halogens is 2. The number of ketones is 1. The largest absolute Gasteiger partial charge is 0.481 e. The number of hydrogen-bond donors (Lipinski definition) is 2. The predicted molar refractivity (Wildman–Crippen MR) is 189 cm³/mol. The molecule has 4 aromatic rings. The van der Waals surface area contributed by atoms with Gasteiger partial charge in [0.1, 0.15) is 16.9 Å². The molecule has 1 aliphatic heterocycles. The summed E-state index contributed by atoms with van der Waals surface area (Å²) in [5.41, 5.74) is 7.59. The molecule has 3 aliphatic rings. The molecule has 3 heterocycles. The minimum absolute atomic E-state index is 0.232. The molecule has 2 atom stereocenters. The SMILES string of the molecule is COc1nc(-c2cccc(-c3cccc4c3CC[C@@H]4Oc3nc(OC)c(CN4CC(O)C4)cc3Cl)c2Cl)ccc1CNC[C@@H]1CCC(=O)C1. The molecule has 0 amide bonds. The lowest BCUT2D eigenvalue weighted by molar-refractivity contribution is -0.117. The Morgan fingerprint density at radius 2 is 1.65 bits per heavy atom. The molecule has 0 radical (unpaired) electrons. The van der Waals surface area contributed by atoms with Crippen LogP contribution < -0.4 is 19.5 Å². The molecule has 11 heteroatoms. The fourth-order valence-corrected chi connectivity index (χ4v) is 7.79. The number of carbonyl (C=O) groups excluding carboxylic acids is 1. The molecule has 9 nitrogen and oxygen atoms in total. The van der Waals surface area contributed by atoms with Gasteiger partial charge in [0.2, 0.25) is 17.6 Å². The van der Waals surface area contributed by atoms with Gasteiger partial charge in [-0.2, -0.15) is 4.98 Å².